The zero-order valence-corrected chi connectivity index (χ0v) is 10.5. The van der Waals surface area contributed by atoms with Gasteiger partial charge in [-0.1, -0.05) is 0 Å². The maximum absolute atomic E-state index is 12.1. The molecular formula is C11H20N2O4. The molecule has 1 rings (SSSR count). The van der Waals surface area contributed by atoms with Crippen LogP contribution in [0.25, 0.3) is 0 Å². The molecule has 2 unspecified atom stereocenters. The van der Waals surface area contributed by atoms with E-state index in [0.29, 0.717) is 13.2 Å². The number of aliphatic carboxylic acids is 1. The highest BCUT2D eigenvalue weighted by molar-refractivity contribution is 5.80. The van der Waals surface area contributed by atoms with Crippen LogP contribution in [-0.4, -0.2) is 65.8 Å². The molecule has 0 spiro atoms. The maximum Gasteiger partial charge on any atom is 0.323 e. The summed E-state index contributed by atoms with van der Waals surface area (Å²) >= 11 is 0. The first-order valence-corrected chi connectivity index (χ1v) is 5.82. The van der Waals surface area contributed by atoms with Crippen molar-refractivity contribution in [3.05, 3.63) is 0 Å². The van der Waals surface area contributed by atoms with Gasteiger partial charge in [-0.15, -0.1) is 0 Å². The zero-order valence-electron chi connectivity index (χ0n) is 10.5. The smallest absolute Gasteiger partial charge is 0.323 e. The molecule has 17 heavy (non-hydrogen) atoms. The van der Waals surface area contributed by atoms with E-state index in [-0.39, 0.29) is 24.7 Å². The van der Waals surface area contributed by atoms with E-state index in [0.717, 1.165) is 6.42 Å². The monoisotopic (exact) mass is 244 g/mol. The second-order valence-corrected chi connectivity index (χ2v) is 4.23. The fourth-order valence-electron chi connectivity index (χ4n) is 2.07. The summed E-state index contributed by atoms with van der Waals surface area (Å²) in [4.78, 5) is 25.6. The number of ether oxygens (including phenoxy) is 1. The fraction of sp³-hybridized carbons (Fsp3) is 0.818. The van der Waals surface area contributed by atoms with Gasteiger partial charge in [0.1, 0.15) is 6.54 Å². The summed E-state index contributed by atoms with van der Waals surface area (Å²) in [6.45, 7) is 4.46. The van der Waals surface area contributed by atoms with Crippen molar-refractivity contribution in [1.29, 1.82) is 0 Å². The third kappa shape index (κ3) is 3.33. The molecule has 6 heteroatoms. The van der Waals surface area contributed by atoms with Crippen molar-refractivity contribution in [3.63, 3.8) is 0 Å². The Labute approximate surface area is 101 Å². The SMILES string of the molecule is CCN(CC(=O)O)C(=O)N(C)C1CCOC1C. The molecule has 98 valence electrons. The van der Waals surface area contributed by atoms with E-state index in [1.54, 1.807) is 18.9 Å². The highest BCUT2D eigenvalue weighted by Gasteiger charge is 2.32. The van der Waals surface area contributed by atoms with E-state index in [1.165, 1.54) is 4.90 Å². The van der Waals surface area contributed by atoms with Crippen molar-refractivity contribution in [2.75, 3.05) is 26.7 Å². The summed E-state index contributed by atoms with van der Waals surface area (Å²) in [6, 6.07) is -0.220. The van der Waals surface area contributed by atoms with Gasteiger partial charge in [-0.3, -0.25) is 4.79 Å². The number of hydrogen-bond donors (Lipinski definition) is 1. The van der Waals surface area contributed by atoms with E-state index in [4.69, 9.17) is 9.84 Å². The molecule has 1 saturated heterocycles. The summed E-state index contributed by atoms with van der Waals surface area (Å²) in [7, 11) is 1.70. The van der Waals surface area contributed by atoms with E-state index in [9.17, 15) is 9.59 Å². The van der Waals surface area contributed by atoms with Gasteiger partial charge >= 0.3 is 12.0 Å². The lowest BCUT2D eigenvalue weighted by atomic mass is 10.1. The van der Waals surface area contributed by atoms with Crippen molar-refractivity contribution in [2.24, 2.45) is 0 Å². The Morgan fingerprint density at radius 2 is 2.12 bits per heavy atom. The third-order valence-corrected chi connectivity index (χ3v) is 3.11. The molecule has 2 atom stereocenters. The van der Waals surface area contributed by atoms with Crippen LogP contribution >= 0.6 is 0 Å². The van der Waals surface area contributed by atoms with Crippen molar-refractivity contribution in [2.45, 2.75) is 32.4 Å². The first-order valence-electron chi connectivity index (χ1n) is 5.82. The third-order valence-electron chi connectivity index (χ3n) is 3.11. The first kappa shape index (κ1) is 13.8. The molecule has 0 saturated carbocycles. The Kier molecular flexibility index (Phi) is 4.74. The highest BCUT2D eigenvalue weighted by atomic mass is 16.5. The predicted octanol–water partition coefficient (Wildman–Crippen LogP) is 0.622. The van der Waals surface area contributed by atoms with Crippen LogP contribution in [0.2, 0.25) is 0 Å². The molecule has 1 aliphatic rings. The lowest BCUT2D eigenvalue weighted by Crippen LogP contribution is -2.49. The number of urea groups is 1. The Hall–Kier alpha value is -1.30. The average molecular weight is 244 g/mol. The summed E-state index contributed by atoms with van der Waals surface area (Å²) in [5.74, 6) is -0.996. The number of carbonyl (C=O) groups is 2. The average Bonchev–Trinajstić information content (AvgIpc) is 2.70. The van der Waals surface area contributed by atoms with Gasteiger partial charge in [0.25, 0.3) is 0 Å². The van der Waals surface area contributed by atoms with Crippen molar-refractivity contribution < 1.29 is 19.4 Å². The lowest BCUT2D eigenvalue weighted by Gasteiger charge is -2.31. The van der Waals surface area contributed by atoms with Gasteiger partial charge in [-0.25, -0.2) is 4.79 Å². The Bertz CT molecular complexity index is 295. The summed E-state index contributed by atoms with van der Waals surface area (Å²) in [5.41, 5.74) is 0. The Morgan fingerprint density at radius 1 is 1.47 bits per heavy atom. The lowest BCUT2D eigenvalue weighted by molar-refractivity contribution is -0.137. The minimum Gasteiger partial charge on any atom is -0.480 e. The second-order valence-electron chi connectivity index (χ2n) is 4.23. The van der Waals surface area contributed by atoms with Gasteiger partial charge < -0.3 is 19.6 Å². The standard InChI is InChI=1S/C11H20N2O4/c1-4-13(7-10(14)15)11(16)12(3)9-5-6-17-8(9)2/h8-9H,4-7H2,1-3H3,(H,14,15). The summed E-state index contributed by atoms with van der Waals surface area (Å²) < 4.78 is 5.40. The number of likely N-dealkylation sites (N-methyl/N-ethyl adjacent to an activating group) is 2. The number of carbonyl (C=O) groups excluding carboxylic acids is 1. The minimum atomic E-state index is -0.996. The molecular weight excluding hydrogens is 224 g/mol. The van der Waals surface area contributed by atoms with Crippen LogP contribution in [0.3, 0.4) is 0 Å². The van der Waals surface area contributed by atoms with E-state index >= 15 is 0 Å². The zero-order chi connectivity index (χ0) is 13.0. The fourth-order valence-corrected chi connectivity index (χ4v) is 2.07. The highest BCUT2D eigenvalue weighted by Crippen LogP contribution is 2.19. The van der Waals surface area contributed by atoms with Gasteiger partial charge in [0, 0.05) is 20.2 Å². The molecule has 1 aliphatic heterocycles. The van der Waals surface area contributed by atoms with Gasteiger partial charge in [0.05, 0.1) is 12.1 Å². The van der Waals surface area contributed by atoms with Crippen LogP contribution in [0, 0.1) is 0 Å². The number of carboxylic acid groups (broad SMARTS) is 1. The molecule has 0 bridgehead atoms. The largest absolute Gasteiger partial charge is 0.480 e. The van der Waals surface area contributed by atoms with E-state index in [1.807, 2.05) is 6.92 Å². The van der Waals surface area contributed by atoms with Crippen molar-refractivity contribution in [1.82, 2.24) is 9.80 Å². The first-order chi connectivity index (χ1) is 7.97. The molecule has 2 amide bonds. The molecule has 1 N–H and O–H groups in total. The van der Waals surface area contributed by atoms with E-state index < -0.39 is 5.97 Å². The molecule has 0 radical (unpaired) electrons. The summed E-state index contributed by atoms with van der Waals surface area (Å²) in [5, 5.41) is 8.73. The topological polar surface area (TPSA) is 70.1 Å². The predicted molar refractivity (Wildman–Crippen MR) is 61.9 cm³/mol. The van der Waals surface area contributed by atoms with Crippen molar-refractivity contribution in [3.8, 4) is 0 Å². The summed E-state index contributed by atoms with van der Waals surface area (Å²) in [6.07, 6.45) is 0.807. The molecule has 6 nitrogen and oxygen atoms in total. The number of nitrogens with zero attached hydrogens (tertiary/aromatic N) is 2. The Balaban J connectivity index is 2.63. The molecule has 0 aromatic heterocycles. The van der Waals surface area contributed by atoms with Gasteiger partial charge in [0.15, 0.2) is 0 Å². The number of amides is 2. The van der Waals surface area contributed by atoms with Crippen LogP contribution < -0.4 is 0 Å². The van der Waals surface area contributed by atoms with Gasteiger partial charge in [-0.05, 0) is 20.3 Å². The molecule has 0 aromatic carbocycles. The molecule has 1 fully saturated rings. The molecule has 0 aliphatic carbocycles. The van der Waals surface area contributed by atoms with Gasteiger partial charge in [-0.2, -0.15) is 0 Å². The second kappa shape index (κ2) is 5.86. The van der Waals surface area contributed by atoms with Crippen LogP contribution in [-0.2, 0) is 9.53 Å². The molecule has 0 aromatic rings. The minimum absolute atomic E-state index is 0.00693. The van der Waals surface area contributed by atoms with Crippen LogP contribution in [0.15, 0.2) is 0 Å². The van der Waals surface area contributed by atoms with E-state index in [2.05, 4.69) is 0 Å². The number of rotatable bonds is 4. The quantitative estimate of drug-likeness (QED) is 0.787. The molecule has 1 heterocycles. The van der Waals surface area contributed by atoms with Crippen molar-refractivity contribution >= 4 is 12.0 Å². The van der Waals surface area contributed by atoms with Crippen LogP contribution in [0.1, 0.15) is 20.3 Å². The number of carboxylic acids is 1. The van der Waals surface area contributed by atoms with Crippen LogP contribution in [0.4, 0.5) is 4.79 Å². The number of hydrogen-bond acceptors (Lipinski definition) is 3. The van der Waals surface area contributed by atoms with Gasteiger partial charge in [0.2, 0.25) is 0 Å². The maximum atomic E-state index is 12.1. The Morgan fingerprint density at radius 3 is 2.53 bits per heavy atom. The normalized spacial score (nSPS) is 23.5. The van der Waals surface area contributed by atoms with Crippen LogP contribution in [0.5, 0.6) is 0 Å².